The predicted octanol–water partition coefficient (Wildman–Crippen LogP) is 5.44. The van der Waals surface area contributed by atoms with E-state index < -0.39 is 11.7 Å². The van der Waals surface area contributed by atoms with Gasteiger partial charge in [0.1, 0.15) is 16.8 Å². The molecule has 1 aliphatic rings. The standard InChI is InChI=1S/C21H21F3N2OS/c1-13-3-8-18-16(11-13)19(21(22,23)24)17(12-25)20(26-18)28-10-9-14-4-6-15(27-2)7-5-14/h4-7,13H,3,8-11H2,1-2H3. The van der Waals surface area contributed by atoms with Crippen LogP contribution in [-0.2, 0) is 25.4 Å². The zero-order valence-electron chi connectivity index (χ0n) is 15.8. The smallest absolute Gasteiger partial charge is 0.418 e. The summed E-state index contributed by atoms with van der Waals surface area (Å²) < 4.78 is 46.5. The maximum Gasteiger partial charge on any atom is 0.418 e. The SMILES string of the molecule is COc1ccc(CCSc2nc3c(c(C(F)(F)F)c2C#N)CC(C)CC3)cc1. The minimum absolute atomic E-state index is 0.163. The molecular weight excluding hydrogens is 385 g/mol. The number of ether oxygens (including phenoxy) is 1. The number of pyridine rings is 1. The number of aromatic nitrogens is 1. The van der Waals surface area contributed by atoms with E-state index in [4.69, 9.17) is 4.74 Å². The van der Waals surface area contributed by atoms with E-state index in [-0.39, 0.29) is 22.1 Å². The molecule has 7 heteroatoms. The van der Waals surface area contributed by atoms with Crippen molar-refractivity contribution in [3.63, 3.8) is 0 Å². The highest BCUT2D eigenvalue weighted by molar-refractivity contribution is 7.99. The van der Waals surface area contributed by atoms with Crippen LogP contribution in [0.1, 0.15) is 41.3 Å². The molecule has 1 heterocycles. The Morgan fingerprint density at radius 1 is 1.29 bits per heavy atom. The predicted molar refractivity (Wildman–Crippen MR) is 103 cm³/mol. The van der Waals surface area contributed by atoms with Crippen LogP contribution in [0.25, 0.3) is 0 Å². The third kappa shape index (κ3) is 4.44. The maximum atomic E-state index is 13.8. The molecule has 0 spiro atoms. The number of alkyl halides is 3. The Morgan fingerprint density at radius 3 is 2.61 bits per heavy atom. The Labute approximate surface area is 166 Å². The fourth-order valence-corrected chi connectivity index (χ4v) is 4.49. The van der Waals surface area contributed by atoms with Crippen LogP contribution in [0.3, 0.4) is 0 Å². The molecule has 3 rings (SSSR count). The molecule has 1 unspecified atom stereocenters. The fourth-order valence-electron chi connectivity index (χ4n) is 3.49. The number of hydrogen-bond acceptors (Lipinski definition) is 4. The van der Waals surface area contributed by atoms with Gasteiger partial charge in [-0.1, -0.05) is 19.1 Å². The van der Waals surface area contributed by atoms with Gasteiger partial charge in [0, 0.05) is 11.4 Å². The van der Waals surface area contributed by atoms with Crippen molar-refractivity contribution in [3.05, 3.63) is 52.2 Å². The van der Waals surface area contributed by atoms with E-state index in [1.165, 1.54) is 11.8 Å². The van der Waals surface area contributed by atoms with Crippen molar-refractivity contribution in [2.45, 2.75) is 43.8 Å². The van der Waals surface area contributed by atoms with Crippen LogP contribution in [0.5, 0.6) is 5.75 Å². The molecule has 0 radical (unpaired) electrons. The highest BCUT2D eigenvalue weighted by atomic mass is 32.2. The largest absolute Gasteiger partial charge is 0.497 e. The third-order valence-corrected chi connectivity index (χ3v) is 5.94. The van der Waals surface area contributed by atoms with E-state index in [1.54, 1.807) is 13.2 Å². The van der Waals surface area contributed by atoms with Gasteiger partial charge < -0.3 is 4.74 Å². The molecule has 1 aromatic heterocycles. The van der Waals surface area contributed by atoms with Gasteiger partial charge in [0.05, 0.1) is 18.2 Å². The molecule has 0 bridgehead atoms. The second-order valence-corrected chi connectivity index (χ2v) is 8.08. The van der Waals surface area contributed by atoms with Gasteiger partial charge in [-0.05, 0) is 54.9 Å². The first-order valence-electron chi connectivity index (χ1n) is 9.12. The summed E-state index contributed by atoms with van der Waals surface area (Å²) >= 11 is 1.22. The molecule has 0 saturated carbocycles. The molecule has 0 amide bonds. The Bertz CT molecular complexity index is 888. The lowest BCUT2D eigenvalue weighted by atomic mass is 9.84. The summed E-state index contributed by atoms with van der Waals surface area (Å²) in [5.41, 5.74) is 0.645. The highest BCUT2D eigenvalue weighted by Gasteiger charge is 2.40. The Hall–Kier alpha value is -2.20. The van der Waals surface area contributed by atoms with Gasteiger partial charge in [-0.3, -0.25) is 0 Å². The number of benzene rings is 1. The van der Waals surface area contributed by atoms with Gasteiger partial charge >= 0.3 is 6.18 Å². The Morgan fingerprint density at radius 2 is 2.00 bits per heavy atom. The van der Waals surface area contributed by atoms with Crippen molar-refractivity contribution in [1.29, 1.82) is 5.26 Å². The molecule has 2 aromatic rings. The molecule has 1 aromatic carbocycles. The monoisotopic (exact) mass is 406 g/mol. The topological polar surface area (TPSA) is 45.9 Å². The van der Waals surface area contributed by atoms with Crippen molar-refractivity contribution in [2.24, 2.45) is 5.92 Å². The first-order valence-corrected chi connectivity index (χ1v) is 10.1. The molecule has 148 valence electrons. The zero-order valence-corrected chi connectivity index (χ0v) is 16.6. The third-order valence-electron chi connectivity index (χ3n) is 4.96. The first-order chi connectivity index (χ1) is 13.3. The van der Waals surface area contributed by atoms with Crippen LogP contribution in [0.4, 0.5) is 13.2 Å². The van der Waals surface area contributed by atoms with Crippen LogP contribution in [-0.4, -0.2) is 17.8 Å². The lowest BCUT2D eigenvalue weighted by Gasteiger charge is -2.26. The number of nitrogens with zero attached hydrogens (tertiary/aromatic N) is 2. The van der Waals surface area contributed by atoms with Crippen molar-refractivity contribution in [2.75, 3.05) is 12.9 Å². The number of rotatable bonds is 5. The molecule has 0 aliphatic heterocycles. The molecule has 3 nitrogen and oxygen atoms in total. The average Bonchev–Trinajstić information content (AvgIpc) is 2.66. The van der Waals surface area contributed by atoms with Gasteiger partial charge in [0.15, 0.2) is 0 Å². The van der Waals surface area contributed by atoms with Gasteiger partial charge in [0.2, 0.25) is 0 Å². The summed E-state index contributed by atoms with van der Waals surface area (Å²) in [6.45, 7) is 1.94. The van der Waals surface area contributed by atoms with Gasteiger partial charge in [-0.15, -0.1) is 11.8 Å². The van der Waals surface area contributed by atoms with Gasteiger partial charge in [-0.2, -0.15) is 18.4 Å². The number of thioether (sulfide) groups is 1. The molecule has 0 saturated heterocycles. The maximum absolute atomic E-state index is 13.8. The molecule has 1 aliphatic carbocycles. The number of methoxy groups -OCH3 is 1. The number of nitriles is 1. The van der Waals surface area contributed by atoms with Crippen LogP contribution in [0.15, 0.2) is 29.3 Å². The second kappa shape index (κ2) is 8.44. The second-order valence-electron chi connectivity index (χ2n) is 7.00. The summed E-state index contributed by atoms with van der Waals surface area (Å²) in [4.78, 5) is 4.47. The summed E-state index contributed by atoms with van der Waals surface area (Å²) in [7, 11) is 1.59. The summed E-state index contributed by atoms with van der Waals surface area (Å²) in [6, 6.07) is 9.32. The van der Waals surface area contributed by atoms with E-state index >= 15 is 0 Å². The van der Waals surface area contributed by atoms with Crippen molar-refractivity contribution in [1.82, 2.24) is 4.98 Å². The van der Waals surface area contributed by atoms with E-state index in [0.717, 1.165) is 17.7 Å². The summed E-state index contributed by atoms with van der Waals surface area (Å²) in [5.74, 6) is 1.46. The van der Waals surface area contributed by atoms with E-state index in [2.05, 4.69) is 4.98 Å². The summed E-state index contributed by atoms with van der Waals surface area (Å²) in [5, 5.41) is 9.68. The minimum Gasteiger partial charge on any atom is -0.497 e. The number of hydrogen-bond donors (Lipinski definition) is 0. The molecule has 1 atom stereocenters. The van der Waals surface area contributed by atoms with Crippen LogP contribution in [0, 0.1) is 17.2 Å². The zero-order chi connectivity index (χ0) is 20.3. The number of fused-ring (bicyclic) bond motifs is 1. The van der Waals surface area contributed by atoms with Crippen LogP contribution >= 0.6 is 11.8 Å². The Balaban J connectivity index is 1.87. The lowest BCUT2D eigenvalue weighted by molar-refractivity contribution is -0.138. The first kappa shape index (κ1) is 20.5. The molecule has 0 N–H and O–H groups in total. The van der Waals surface area contributed by atoms with E-state index in [9.17, 15) is 18.4 Å². The molecule has 0 fully saturated rings. The summed E-state index contributed by atoms with van der Waals surface area (Å²) in [6.07, 6.45) is -2.23. The normalized spacial score (nSPS) is 16.4. The molecule has 28 heavy (non-hydrogen) atoms. The van der Waals surface area contributed by atoms with E-state index in [0.29, 0.717) is 30.7 Å². The fraction of sp³-hybridized carbons (Fsp3) is 0.429. The number of aryl methyl sites for hydroxylation is 2. The average molecular weight is 406 g/mol. The van der Waals surface area contributed by atoms with Gasteiger partial charge in [-0.25, -0.2) is 4.98 Å². The highest BCUT2D eigenvalue weighted by Crippen LogP contribution is 2.42. The Kier molecular flexibility index (Phi) is 6.19. The van der Waals surface area contributed by atoms with Crippen molar-refractivity contribution < 1.29 is 17.9 Å². The minimum atomic E-state index is -4.56. The lowest BCUT2D eigenvalue weighted by Crippen LogP contribution is -2.22. The van der Waals surface area contributed by atoms with Gasteiger partial charge in [0.25, 0.3) is 0 Å². The molecular formula is C21H21F3N2OS. The van der Waals surface area contributed by atoms with Crippen LogP contribution in [0.2, 0.25) is 0 Å². The van der Waals surface area contributed by atoms with E-state index in [1.807, 2.05) is 31.2 Å². The van der Waals surface area contributed by atoms with Crippen molar-refractivity contribution >= 4 is 11.8 Å². The quantitative estimate of drug-likeness (QED) is 0.620. The van der Waals surface area contributed by atoms with Crippen molar-refractivity contribution in [3.8, 4) is 11.8 Å². The number of halogens is 3. The van der Waals surface area contributed by atoms with Crippen LogP contribution < -0.4 is 4.74 Å².